The molecule has 3 nitrogen and oxygen atoms in total. The fraction of sp³-hybridized carbons (Fsp3) is 1.00. The van der Waals surface area contributed by atoms with E-state index in [1.807, 2.05) is 0 Å². The molecule has 0 aromatic rings. The molecule has 3 heteroatoms. The van der Waals surface area contributed by atoms with Crippen LogP contribution in [0, 0.1) is 0 Å². The first-order valence-electron chi connectivity index (χ1n) is 4.67. The van der Waals surface area contributed by atoms with Gasteiger partial charge in [-0.25, -0.2) is 0 Å². The maximum absolute atomic E-state index is 5.44. The van der Waals surface area contributed by atoms with E-state index in [-0.39, 0.29) is 0 Å². The second-order valence-corrected chi connectivity index (χ2v) is 3.84. The van der Waals surface area contributed by atoms with E-state index in [2.05, 4.69) is 30.8 Å². The molecule has 1 atom stereocenters. The van der Waals surface area contributed by atoms with Gasteiger partial charge in [0.05, 0.1) is 12.8 Å². The van der Waals surface area contributed by atoms with E-state index in [9.17, 15) is 0 Å². The van der Waals surface area contributed by atoms with Crippen molar-refractivity contribution in [2.45, 2.75) is 19.4 Å². The molecule has 0 aliphatic carbocycles. The van der Waals surface area contributed by atoms with Gasteiger partial charge >= 0.3 is 0 Å². The molecule has 0 radical (unpaired) electrons. The third kappa shape index (κ3) is 3.52. The lowest BCUT2D eigenvalue weighted by atomic mass is 10.3. The predicted octanol–water partition coefficient (Wildman–Crippen LogP) is 0.616. The lowest BCUT2D eigenvalue weighted by Crippen LogP contribution is -2.25. The van der Waals surface area contributed by atoms with Crippen molar-refractivity contribution >= 4 is 0 Å². The zero-order valence-corrected chi connectivity index (χ0v) is 8.42. The minimum Gasteiger partial charge on any atom is -0.362 e. The van der Waals surface area contributed by atoms with E-state index in [1.165, 1.54) is 19.5 Å². The van der Waals surface area contributed by atoms with Crippen LogP contribution in [0.3, 0.4) is 0 Å². The van der Waals surface area contributed by atoms with Crippen LogP contribution in [0.1, 0.15) is 13.3 Å². The molecule has 1 fully saturated rings. The Hall–Kier alpha value is -0.120. The van der Waals surface area contributed by atoms with Crippen LogP contribution in [0.15, 0.2) is 0 Å². The molecule has 0 N–H and O–H groups in total. The molecular weight excluding hydrogens is 152 g/mol. The molecular formula is C9H20N2O. The van der Waals surface area contributed by atoms with Crippen molar-refractivity contribution in [3.8, 4) is 0 Å². The lowest BCUT2D eigenvalue weighted by molar-refractivity contribution is 0.0981. The van der Waals surface area contributed by atoms with E-state index in [4.69, 9.17) is 4.74 Å². The molecule has 72 valence electrons. The molecule has 1 unspecified atom stereocenters. The van der Waals surface area contributed by atoms with Crippen LogP contribution in [-0.4, -0.2) is 56.4 Å². The highest BCUT2D eigenvalue weighted by atomic mass is 16.5. The van der Waals surface area contributed by atoms with Crippen LogP contribution in [-0.2, 0) is 4.74 Å². The van der Waals surface area contributed by atoms with Gasteiger partial charge in [0.2, 0.25) is 0 Å². The summed E-state index contributed by atoms with van der Waals surface area (Å²) in [5, 5.41) is 0. The summed E-state index contributed by atoms with van der Waals surface area (Å²) in [5.41, 5.74) is 0. The minimum absolute atomic E-state index is 0.435. The van der Waals surface area contributed by atoms with Crippen molar-refractivity contribution in [1.82, 2.24) is 9.80 Å². The van der Waals surface area contributed by atoms with Gasteiger partial charge in [-0.15, -0.1) is 0 Å². The largest absolute Gasteiger partial charge is 0.362 e. The molecule has 0 bridgehead atoms. The second kappa shape index (κ2) is 4.80. The summed E-state index contributed by atoms with van der Waals surface area (Å²) < 4.78 is 5.44. The molecule has 0 aromatic heterocycles. The Kier molecular flexibility index (Phi) is 3.98. The SMILES string of the molecule is CC1CN(CCCN(C)C)CO1. The highest BCUT2D eigenvalue weighted by Gasteiger charge is 2.17. The van der Waals surface area contributed by atoms with E-state index in [0.29, 0.717) is 6.10 Å². The van der Waals surface area contributed by atoms with E-state index in [0.717, 1.165) is 13.3 Å². The van der Waals surface area contributed by atoms with Gasteiger partial charge in [-0.05, 0) is 34.0 Å². The average Bonchev–Trinajstić information content (AvgIpc) is 2.35. The Morgan fingerprint density at radius 3 is 2.75 bits per heavy atom. The topological polar surface area (TPSA) is 15.7 Å². The van der Waals surface area contributed by atoms with Crippen molar-refractivity contribution in [1.29, 1.82) is 0 Å². The van der Waals surface area contributed by atoms with Crippen molar-refractivity contribution in [2.24, 2.45) is 0 Å². The van der Waals surface area contributed by atoms with Gasteiger partial charge in [0.25, 0.3) is 0 Å². The summed E-state index contributed by atoms with van der Waals surface area (Å²) in [5.74, 6) is 0. The van der Waals surface area contributed by atoms with Crippen LogP contribution < -0.4 is 0 Å². The van der Waals surface area contributed by atoms with Gasteiger partial charge < -0.3 is 9.64 Å². The van der Waals surface area contributed by atoms with Crippen molar-refractivity contribution in [3.05, 3.63) is 0 Å². The van der Waals surface area contributed by atoms with E-state index in [1.54, 1.807) is 0 Å². The summed E-state index contributed by atoms with van der Waals surface area (Å²) in [6.07, 6.45) is 1.67. The number of rotatable bonds is 4. The highest BCUT2D eigenvalue weighted by molar-refractivity contribution is 4.66. The summed E-state index contributed by atoms with van der Waals surface area (Å²) >= 11 is 0. The molecule has 1 rings (SSSR count). The fourth-order valence-corrected chi connectivity index (χ4v) is 1.47. The number of hydrogen-bond acceptors (Lipinski definition) is 3. The van der Waals surface area contributed by atoms with Crippen molar-refractivity contribution in [2.75, 3.05) is 40.5 Å². The number of ether oxygens (including phenoxy) is 1. The standard InChI is InChI=1S/C9H20N2O/c1-9-7-11(8-12-9)6-4-5-10(2)3/h9H,4-8H2,1-3H3. The van der Waals surface area contributed by atoms with Gasteiger partial charge in [-0.2, -0.15) is 0 Å². The normalized spacial score (nSPS) is 25.5. The monoisotopic (exact) mass is 172 g/mol. The smallest absolute Gasteiger partial charge is 0.0995 e. The summed E-state index contributed by atoms with van der Waals surface area (Å²) in [7, 11) is 4.23. The minimum atomic E-state index is 0.435. The Labute approximate surface area is 75.3 Å². The molecule has 0 saturated carbocycles. The predicted molar refractivity (Wildman–Crippen MR) is 50.2 cm³/mol. The van der Waals surface area contributed by atoms with Crippen molar-refractivity contribution in [3.63, 3.8) is 0 Å². The first-order valence-corrected chi connectivity index (χ1v) is 4.67. The molecule has 1 heterocycles. The van der Waals surface area contributed by atoms with Gasteiger partial charge in [0.15, 0.2) is 0 Å². The second-order valence-electron chi connectivity index (χ2n) is 3.84. The van der Waals surface area contributed by atoms with Gasteiger partial charge in [0, 0.05) is 13.1 Å². The zero-order valence-electron chi connectivity index (χ0n) is 8.42. The third-order valence-corrected chi connectivity index (χ3v) is 2.14. The van der Waals surface area contributed by atoms with Gasteiger partial charge in [-0.1, -0.05) is 0 Å². The Morgan fingerprint density at radius 1 is 1.50 bits per heavy atom. The molecule has 1 aliphatic rings. The molecule has 1 aliphatic heterocycles. The van der Waals surface area contributed by atoms with Crippen LogP contribution in [0.25, 0.3) is 0 Å². The van der Waals surface area contributed by atoms with Crippen LogP contribution >= 0.6 is 0 Å². The van der Waals surface area contributed by atoms with Crippen LogP contribution in [0.4, 0.5) is 0 Å². The quantitative estimate of drug-likeness (QED) is 0.618. The molecule has 0 spiro atoms. The first kappa shape index (κ1) is 9.96. The summed E-state index contributed by atoms with van der Waals surface area (Å²) in [6, 6.07) is 0. The van der Waals surface area contributed by atoms with Gasteiger partial charge in [0.1, 0.15) is 0 Å². The molecule has 0 amide bonds. The lowest BCUT2D eigenvalue weighted by Gasteiger charge is -2.14. The van der Waals surface area contributed by atoms with Crippen molar-refractivity contribution < 1.29 is 4.74 Å². The average molecular weight is 172 g/mol. The molecule has 1 saturated heterocycles. The van der Waals surface area contributed by atoms with Crippen LogP contribution in [0.5, 0.6) is 0 Å². The summed E-state index contributed by atoms with van der Waals surface area (Å²) in [6.45, 7) is 6.40. The van der Waals surface area contributed by atoms with Gasteiger partial charge in [-0.3, -0.25) is 4.90 Å². The highest BCUT2D eigenvalue weighted by Crippen LogP contribution is 2.06. The number of hydrogen-bond donors (Lipinski definition) is 0. The Morgan fingerprint density at radius 2 is 2.25 bits per heavy atom. The first-order chi connectivity index (χ1) is 5.68. The third-order valence-electron chi connectivity index (χ3n) is 2.14. The van der Waals surface area contributed by atoms with E-state index >= 15 is 0 Å². The molecule has 0 aromatic carbocycles. The number of nitrogens with zero attached hydrogens (tertiary/aromatic N) is 2. The Balaban J connectivity index is 2.00. The van der Waals surface area contributed by atoms with E-state index < -0.39 is 0 Å². The molecule has 12 heavy (non-hydrogen) atoms. The maximum atomic E-state index is 5.44. The Bertz CT molecular complexity index is 128. The fourth-order valence-electron chi connectivity index (χ4n) is 1.47. The maximum Gasteiger partial charge on any atom is 0.0995 e. The zero-order chi connectivity index (χ0) is 8.97. The summed E-state index contributed by atoms with van der Waals surface area (Å²) in [4.78, 5) is 4.59. The van der Waals surface area contributed by atoms with Crippen LogP contribution in [0.2, 0.25) is 0 Å².